The molecule has 0 bridgehead atoms. The van der Waals surface area contributed by atoms with E-state index in [0.717, 1.165) is 5.52 Å². The van der Waals surface area contributed by atoms with Gasteiger partial charge in [-0.15, -0.1) is 0 Å². The highest BCUT2D eigenvalue weighted by atomic mass is 16.2. The number of urea groups is 1. The van der Waals surface area contributed by atoms with Crippen LogP contribution in [0.1, 0.15) is 6.42 Å². The fraction of sp³-hybridized carbons (Fsp3) is 0.182. The SMILES string of the molecule is Nc1cnn2ccc(N3CCC(=O)NC3=O)cc12. The summed E-state index contributed by atoms with van der Waals surface area (Å²) in [5, 5.41) is 6.33. The van der Waals surface area contributed by atoms with Crippen molar-refractivity contribution in [2.24, 2.45) is 0 Å². The third kappa shape index (κ3) is 1.56. The Kier molecular flexibility index (Phi) is 2.19. The second-order valence-electron chi connectivity index (χ2n) is 4.07. The van der Waals surface area contributed by atoms with Crippen molar-refractivity contribution in [3.8, 4) is 0 Å². The van der Waals surface area contributed by atoms with Crippen LogP contribution in [-0.2, 0) is 4.79 Å². The van der Waals surface area contributed by atoms with E-state index in [1.54, 1.807) is 29.0 Å². The van der Waals surface area contributed by atoms with E-state index in [2.05, 4.69) is 10.4 Å². The Labute approximate surface area is 102 Å². The van der Waals surface area contributed by atoms with Gasteiger partial charge in [-0.2, -0.15) is 5.10 Å². The molecule has 3 rings (SSSR count). The molecule has 1 fully saturated rings. The Balaban J connectivity index is 2.01. The molecule has 92 valence electrons. The van der Waals surface area contributed by atoms with Gasteiger partial charge in [-0.3, -0.25) is 15.0 Å². The van der Waals surface area contributed by atoms with Crippen LogP contribution < -0.4 is 16.0 Å². The average molecular weight is 245 g/mol. The number of carbonyl (C=O) groups excluding carboxylic acids is 2. The lowest BCUT2D eigenvalue weighted by Crippen LogP contribution is -2.49. The molecule has 3 N–H and O–H groups in total. The Morgan fingerprint density at radius 2 is 2.22 bits per heavy atom. The minimum Gasteiger partial charge on any atom is -0.396 e. The molecule has 0 unspecified atom stereocenters. The molecular weight excluding hydrogens is 234 g/mol. The molecule has 1 aliphatic heterocycles. The summed E-state index contributed by atoms with van der Waals surface area (Å²) < 4.78 is 1.63. The minimum atomic E-state index is -0.409. The summed E-state index contributed by atoms with van der Waals surface area (Å²) in [6.45, 7) is 0.370. The van der Waals surface area contributed by atoms with Crippen LogP contribution in [0.5, 0.6) is 0 Å². The van der Waals surface area contributed by atoms with Crippen LogP contribution in [0.25, 0.3) is 5.52 Å². The summed E-state index contributed by atoms with van der Waals surface area (Å²) >= 11 is 0. The fourth-order valence-corrected chi connectivity index (χ4v) is 1.97. The first-order valence-corrected chi connectivity index (χ1v) is 5.49. The molecular formula is C11H11N5O2. The molecule has 3 heterocycles. The number of nitrogen functional groups attached to an aromatic ring is 1. The molecule has 7 nitrogen and oxygen atoms in total. The summed E-state index contributed by atoms with van der Waals surface area (Å²) in [4.78, 5) is 24.3. The van der Waals surface area contributed by atoms with Gasteiger partial charge in [0.05, 0.1) is 17.4 Å². The normalized spacial score (nSPS) is 16.1. The van der Waals surface area contributed by atoms with E-state index >= 15 is 0 Å². The maximum atomic E-state index is 11.7. The van der Waals surface area contributed by atoms with Gasteiger partial charge in [0, 0.05) is 24.8 Å². The first-order chi connectivity index (χ1) is 8.65. The predicted octanol–water partition coefficient (Wildman–Crippen LogP) is 0.363. The molecule has 3 amide bonds. The summed E-state index contributed by atoms with van der Waals surface area (Å²) in [6.07, 6.45) is 3.58. The lowest BCUT2D eigenvalue weighted by Gasteiger charge is -2.26. The topological polar surface area (TPSA) is 92.7 Å². The average Bonchev–Trinajstić information content (AvgIpc) is 2.71. The molecule has 0 atom stereocenters. The zero-order valence-electron chi connectivity index (χ0n) is 9.46. The summed E-state index contributed by atoms with van der Waals surface area (Å²) in [7, 11) is 0. The van der Waals surface area contributed by atoms with Gasteiger partial charge in [-0.05, 0) is 12.1 Å². The number of fused-ring (bicyclic) bond motifs is 1. The molecule has 1 saturated heterocycles. The molecule has 2 aromatic rings. The van der Waals surface area contributed by atoms with Crippen LogP contribution in [-0.4, -0.2) is 28.1 Å². The molecule has 1 aliphatic rings. The molecule has 0 spiro atoms. The molecule has 0 radical (unpaired) electrons. The van der Waals surface area contributed by atoms with Gasteiger partial charge in [-0.25, -0.2) is 9.31 Å². The smallest absolute Gasteiger partial charge is 0.328 e. The van der Waals surface area contributed by atoms with E-state index in [4.69, 9.17) is 5.73 Å². The van der Waals surface area contributed by atoms with Crippen LogP contribution in [0.2, 0.25) is 0 Å². The molecule has 0 aliphatic carbocycles. The summed E-state index contributed by atoms with van der Waals surface area (Å²) in [6, 6.07) is 3.13. The van der Waals surface area contributed by atoms with Crippen molar-refractivity contribution in [3.63, 3.8) is 0 Å². The van der Waals surface area contributed by atoms with E-state index in [9.17, 15) is 9.59 Å². The predicted molar refractivity (Wildman–Crippen MR) is 65.1 cm³/mol. The first kappa shape index (κ1) is 10.6. The van der Waals surface area contributed by atoms with Gasteiger partial charge in [-0.1, -0.05) is 0 Å². The van der Waals surface area contributed by atoms with Crippen molar-refractivity contribution >= 4 is 28.8 Å². The largest absolute Gasteiger partial charge is 0.396 e. The van der Waals surface area contributed by atoms with E-state index in [-0.39, 0.29) is 5.91 Å². The maximum absolute atomic E-state index is 11.7. The van der Waals surface area contributed by atoms with Crippen molar-refractivity contribution < 1.29 is 9.59 Å². The summed E-state index contributed by atoms with van der Waals surface area (Å²) in [5.41, 5.74) is 7.75. The van der Waals surface area contributed by atoms with Crippen molar-refractivity contribution in [3.05, 3.63) is 24.5 Å². The number of hydrogen-bond acceptors (Lipinski definition) is 4. The second-order valence-corrected chi connectivity index (χ2v) is 4.07. The molecule has 7 heteroatoms. The highest BCUT2D eigenvalue weighted by molar-refractivity contribution is 6.05. The number of imide groups is 1. The highest BCUT2D eigenvalue weighted by Gasteiger charge is 2.24. The molecule has 0 aromatic carbocycles. The third-order valence-electron chi connectivity index (χ3n) is 2.90. The van der Waals surface area contributed by atoms with Crippen LogP contribution in [0.15, 0.2) is 24.5 Å². The number of hydrogen-bond donors (Lipinski definition) is 2. The van der Waals surface area contributed by atoms with Gasteiger partial charge >= 0.3 is 6.03 Å². The van der Waals surface area contributed by atoms with Gasteiger partial charge in [0.15, 0.2) is 0 Å². The van der Waals surface area contributed by atoms with Crippen LogP contribution in [0, 0.1) is 0 Å². The standard InChI is InChI=1S/C11H11N5O2/c12-8-6-13-16-4-1-7(5-9(8)16)15-3-2-10(17)14-11(15)18/h1,4-6H,2-3,12H2,(H,14,17,18). The Morgan fingerprint density at radius 3 is 3.00 bits per heavy atom. The van der Waals surface area contributed by atoms with Crippen LogP contribution in [0.3, 0.4) is 0 Å². The zero-order valence-corrected chi connectivity index (χ0v) is 9.46. The molecule has 0 saturated carbocycles. The van der Waals surface area contributed by atoms with Crippen molar-refractivity contribution in [1.29, 1.82) is 0 Å². The summed E-state index contributed by atoms with van der Waals surface area (Å²) in [5.74, 6) is -0.249. The van der Waals surface area contributed by atoms with Crippen molar-refractivity contribution in [2.45, 2.75) is 6.42 Å². The van der Waals surface area contributed by atoms with Crippen LogP contribution in [0.4, 0.5) is 16.2 Å². The number of pyridine rings is 1. The Morgan fingerprint density at radius 1 is 1.39 bits per heavy atom. The van der Waals surface area contributed by atoms with Gasteiger partial charge in [0.25, 0.3) is 0 Å². The number of anilines is 2. The second kappa shape index (κ2) is 3.73. The van der Waals surface area contributed by atoms with E-state index in [1.807, 2.05) is 0 Å². The van der Waals surface area contributed by atoms with E-state index in [0.29, 0.717) is 24.3 Å². The van der Waals surface area contributed by atoms with Crippen LogP contribution >= 0.6 is 0 Å². The zero-order chi connectivity index (χ0) is 12.7. The molecule has 18 heavy (non-hydrogen) atoms. The Hall–Kier alpha value is -2.57. The lowest BCUT2D eigenvalue weighted by atomic mass is 10.2. The van der Waals surface area contributed by atoms with Crippen molar-refractivity contribution in [2.75, 3.05) is 17.2 Å². The van der Waals surface area contributed by atoms with E-state index < -0.39 is 6.03 Å². The molecule has 2 aromatic heterocycles. The van der Waals surface area contributed by atoms with Gasteiger partial charge < -0.3 is 5.73 Å². The lowest BCUT2D eigenvalue weighted by molar-refractivity contribution is -0.120. The number of nitrogens with zero attached hydrogens (tertiary/aromatic N) is 3. The number of nitrogens with one attached hydrogen (secondary N) is 1. The number of nitrogens with two attached hydrogens (primary N) is 1. The minimum absolute atomic E-state index is 0.249. The number of rotatable bonds is 1. The Bertz CT molecular complexity index is 648. The van der Waals surface area contributed by atoms with E-state index in [1.165, 1.54) is 4.90 Å². The fourth-order valence-electron chi connectivity index (χ4n) is 1.97. The third-order valence-corrected chi connectivity index (χ3v) is 2.90. The van der Waals surface area contributed by atoms with Gasteiger partial charge in [0.1, 0.15) is 0 Å². The number of carbonyl (C=O) groups is 2. The van der Waals surface area contributed by atoms with Gasteiger partial charge in [0.2, 0.25) is 5.91 Å². The maximum Gasteiger partial charge on any atom is 0.328 e. The van der Waals surface area contributed by atoms with Crippen molar-refractivity contribution in [1.82, 2.24) is 14.9 Å². The number of aromatic nitrogens is 2. The quantitative estimate of drug-likeness (QED) is 0.758. The monoisotopic (exact) mass is 245 g/mol. The number of amides is 3. The highest BCUT2D eigenvalue weighted by Crippen LogP contribution is 2.22. The first-order valence-electron chi connectivity index (χ1n) is 5.49.